The second-order valence-electron chi connectivity index (χ2n) is 9.32. The van der Waals surface area contributed by atoms with Gasteiger partial charge in [0.1, 0.15) is 17.1 Å². The monoisotopic (exact) mass is 612 g/mol. The van der Waals surface area contributed by atoms with Crippen LogP contribution in [0.4, 0.5) is 5.69 Å². The predicted molar refractivity (Wildman–Crippen MR) is 168 cm³/mol. The van der Waals surface area contributed by atoms with E-state index in [-0.39, 0.29) is 18.3 Å². The van der Waals surface area contributed by atoms with Crippen LogP contribution in [0.5, 0.6) is 11.5 Å². The normalized spacial score (nSPS) is 11.3. The minimum absolute atomic E-state index is 0.185. The molecule has 0 aliphatic rings. The molecule has 4 aromatic carbocycles. The number of furan rings is 1. The molecule has 6 aromatic rings. The first-order valence-corrected chi connectivity index (χ1v) is 13.8. The highest BCUT2D eigenvalue weighted by Gasteiger charge is 2.18. The number of nitrogens with zero attached hydrogens (tertiary/aromatic N) is 3. The number of amides is 1. The second-order valence-corrected chi connectivity index (χ2v) is 10.2. The number of carbonyl (C=O) groups is 1. The van der Waals surface area contributed by atoms with Crippen molar-refractivity contribution in [2.75, 3.05) is 19.0 Å². The topological polar surface area (TPSA) is 108 Å². The van der Waals surface area contributed by atoms with Crippen LogP contribution in [0.15, 0.2) is 105 Å². The number of halogens is 2. The minimum Gasteiger partial charge on any atom is -0.496 e. The average Bonchev–Trinajstić information content (AvgIpc) is 3.46. The van der Waals surface area contributed by atoms with E-state index in [1.54, 1.807) is 86.0 Å². The molecule has 214 valence electrons. The Bertz CT molecular complexity index is 2070. The first-order chi connectivity index (χ1) is 20.9. The largest absolute Gasteiger partial charge is 0.496 e. The summed E-state index contributed by atoms with van der Waals surface area (Å²) < 4.78 is 18.5. The van der Waals surface area contributed by atoms with E-state index in [4.69, 9.17) is 42.1 Å². The van der Waals surface area contributed by atoms with Gasteiger partial charge in [0.15, 0.2) is 12.4 Å². The molecule has 0 spiro atoms. The van der Waals surface area contributed by atoms with Crippen LogP contribution in [-0.2, 0) is 4.79 Å². The van der Waals surface area contributed by atoms with Gasteiger partial charge in [0.05, 0.1) is 29.6 Å². The molecule has 9 nitrogen and oxygen atoms in total. The van der Waals surface area contributed by atoms with Crippen LogP contribution in [0.1, 0.15) is 5.56 Å². The molecule has 43 heavy (non-hydrogen) atoms. The Morgan fingerprint density at radius 1 is 0.953 bits per heavy atom. The highest BCUT2D eigenvalue weighted by molar-refractivity contribution is 6.31. The summed E-state index contributed by atoms with van der Waals surface area (Å²) in [4.78, 5) is 30.9. The van der Waals surface area contributed by atoms with Crippen molar-refractivity contribution < 1.29 is 18.7 Å². The summed E-state index contributed by atoms with van der Waals surface area (Å²) in [6.45, 7) is -0.283. The molecule has 0 saturated heterocycles. The van der Waals surface area contributed by atoms with E-state index in [0.29, 0.717) is 55.0 Å². The lowest BCUT2D eigenvalue weighted by Gasteiger charge is -2.11. The van der Waals surface area contributed by atoms with E-state index in [2.05, 4.69) is 10.4 Å². The summed E-state index contributed by atoms with van der Waals surface area (Å²) in [5, 5.41) is 9.30. The van der Waals surface area contributed by atoms with E-state index < -0.39 is 5.56 Å². The maximum atomic E-state index is 13.7. The van der Waals surface area contributed by atoms with Gasteiger partial charge >= 0.3 is 0 Å². The van der Waals surface area contributed by atoms with Gasteiger partial charge in [-0.15, -0.1) is 0 Å². The molecule has 0 unspecified atom stereocenters. The molecule has 2 aromatic heterocycles. The minimum atomic E-state index is -0.406. The van der Waals surface area contributed by atoms with Crippen molar-refractivity contribution in [3.05, 3.63) is 117 Å². The second kappa shape index (κ2) is 12.0. The van der Waals surface area contributed by atoms with Crippen molar-refractivity contribution in [2.45, 2.75) is 0 Å². The van der Waals surface area contributed by atoms with E-state index in [1.807, 2.05) is 12.1 Å². The Morgan fingerprint density at radius 2 is 1.74 bits per heavy atom. The van der Waals surface area contributed by atoms with E-state index in [1.165, 1.54) is 6.21 Å². The number of para-hydroxylation sites is 1. The van der Waals surface area contributed by atoms with Gasteiger partial charge in [-0.25, -0.2) is 4.98 Å². The number of fused-ring (bicyclic) bond motifs is 2. The molecule has 0 aliphatic heterocycles. The highest BCUT2D eigenvalue weighted by Crippen LogP contribution is 2.33. The Labute approximate surface area is 254 Å². The number of aromatic nitrogens is 2. The van der Waals surface area contributed by atoms with Crippen LogP contribution in [0, 0.1) is 0 Å². The van der Waals surface area contributed by atoms with Crippen LogP contribution >= 0.6 is 23.2 Å². The van der Waals surface area contributed by atoms with Crippen molar-refractivity contribution in [1.29, 1.82) is 0 Å². The lowest BCUT2D eigenvalue weighted by Crippen LogP contribution is -2.21. The number of rotatable bonds is 8. The third-order valence-corrected chi connectivity index (χ3v) is 6.97. The number of nitrogens with one attached hydrogen (secondary N) is 1. The Hall–Kier alpha value is -5.12. The lowest BCUT2D eigenvalue weighted by atomic mass is 10.2. The molecule has 11 heteroatoms. The number of anilines is 1. The van der Waals surface area contributed by atoms with Crippen LogP contribution in [0.3, 0.4) is 0 Å². The summed E-state index contributed by atoms with van der Waals surface area (Å²) in [5.41, 5.74) is 1.66. The lowest BCUT2D eigenvalue weighted by molar-refractivity contribution is -0.118. The Kier molecular flexibility index (Phi) is 7.83. The van der Waals surface area contributed by atoms with Crippen molar-refractivity contribution in [3.63, 3.8) is 0 Å². The maximum Gasteiger partial charge on any atom is 0.282 e. The number of carbonyl (C=O) groups excluding carboxylic acids is 1. The van der Waals surface area contributed by atoms with Crippen LogP contribution < -0.4 is 20.3 Å². The number of methoxy groups -OCH3 is 1. The summed E-state index contributed by atoms with van der Waals surface area (Å²) in [7, 11) is 1.57. The number of hydrogen-bond acceptors (Lipinski definition) is 7. The van der Waals surface area contributed by atoms with E-state index >= 15 is 0 Å². The highest BCUT2D eigenvalue weighted by atomic mass is 35.5. The quantitative estimate of drug-likeness (QED) is 0.185. The molecular weight excluding hydrogens is 591 g/mol. The zero-order chi connectivity index (χ0) is 29.9. The van der Waals surface area contributed by atoms with Gasteiger partial charge in [-0.1, -0.05) is 41.4 Å². The Morgan fingerprint density at radius 3 is 2.56 bits per heavy atom. The molecule has 1 amide bonds. The molecule has 0 fully saturated rings. The average molecular weight is 613 g/mol. The number of benzene rings is 4. The smallest absolute Gasteiger partial charge is 0.282 e. The summed E-state index contributed by atoms with van der Waals surface area (Å²) in [6, 6.07) is 25.7. The maximum absolute atomic E-state index is 13.7. The van der Waals surface area contributed by atoms with E-state index in [0.717, 1.165) is 10.1 Å². The molecule has 0 bridgehead atoms. The standard InChI is InChI=1S/C32H22Cl2N4O5/c1-41-27-7-4-8-28-24(27)16-29(43-28)31-37-25-6-3-2-5-23(25)32(40)38(31)35-17-19-15-21(34)11-14-26(19)42-18-30(39)36-22-12-9-20(33)10-13-22/h2-17H,18H2,1H3,(H,36,39). The fraction of sp³-hybridized carbons (Fsp3) is 0.0625. The van der Waals surface area contributed by atoms with Gasteiger partial charge in [0.2, 0.25) is 5.82 Å². The summed E-state index contributed by atoms with van der Waals surface area (Å²) >= 11 is 12.2. The molecule has 0 saturated carbocycles. The third-order valence-electron chi connectivity index (χ3n) is 6.49. The Balaban J connectivity index is 1.36. The third kappa shape index (κ3) is 5.94. The summed E-state index contributed by atoms with van der Waals surface area (Å²) in [6.07, 6.45) is 1.42. The molecule has 0 aliphatic carbocycles. The van der Waals surface area contributed by atoms with Crippen LogP contribution in [0.2, 0.25) is 10.0 Å². The van der Waals surface area contributed by atoms with E-state index in [9.17, 15) is 9.59 Å². The molecular formula is C32H22Cl2N4O5. The van der Waals surface area contributed by atoms with Crippen molar-refractivity contribution in [1.82, 2.24) is 9.66 Å². The van der Waals surface area contributed by atoms with Gasteiger partial charge in [0.25, 0.3) is 11.5 Å². The zero-order valence-electron chi connectivity index (χ0n) is 22.6. The van der Waals surface area contributed by atoms with Gasteiger partial charge in [-0.3, -0.25) is 9.59 Å². The predicted octanol–water partition coefficient (Wildman–Crippen LogP) is 7.02. The molecule has 1 N–H and O–H groups in total. The van der Waals surface area contributed by atoms with Gasteiger partial charge in [-0.05, 0) is 72.8 Å². The zero-order valence-corrected chi connectivity index (χ0v) is 24.1. The van der Waals surface area contributed by atoms with Crippen LogP contribution in [0.25, 0.3) is 33.5 Å². The first kappa shape index (κ1) is 28.0. The van der Waals surface area contributed by atoms with Gasteiger partial charge < -0.3 is 19.2 Å². The van der Waals surface area contributed by atoms with Crippen molar-refractivity contribution in [2.24, 2.45) is 5.10 Å². The van der Waals surface area contributed by atoms with Crippen molar-refractivity contribution in [3.8, 4) is 23.1 Å². The van der Waals surface area contributed by atoms with Crippen molar-refractivity contribution >= 4 is 62.9 Å². The fourth-order valence-electron chi connectivity index (χ4n) is 4.46. The molecule has 2 heterocycles. The first-order valence-electron chi connectivity index (χ1n) is 13.0. The van der Waals surface area contributed by atoms with Gasteiger partial charge in [-0.2, -0.15) is 9.78 Å². The summed E-state index contributed by atoms with van der Waals surface area (Å²) in [5.74, 6) is 1.08. The number of hydrogen-bond donors (Lipinski definition) is 1. The van der Waals surface area contributed by atoms with Crippen LogP contribution in [-0.4, -0.2) is 35.5 Å². The molecule has 0 atom stereocenters. The number of ether oxygens (including phenoxy) is 2. The molecule has 6 rings (SSSR count). The SMILES string of the molecule is COc1cccc2oc(-c3nc4ccccc4c(=O)n3N=Cc3cc(Cl)ccc3OCC(=O)Nc3ccc(Cl)cc3)cc12. The molecule has 0 radical (unpaired) electrons. The fourth-order valence-corrected chi connectivity index (χ4v) is 4.76. The van der Waals surface area contributed by atoms with Gasteiger partial charge in [0, 0.05) is 21.3 Å².